The van der Waals surface area contributed by atoms with E-state index in [1.54, 1.807) is 12.1 Å². The smallest absolute Gasteiger partial charge is 0.240 e. The maximum atomic E-state index is 12.1. The van der Waals surface area contributed by atoms with Crippen LogP contribution in [-0.4, -0.2) is 26.5 Å². The van der Waals surface area contributed by atoms with E-state index in [2.05, 4.69) is 10.0 Å². The average molecular weight is 347 g/mol. The molecule has 0 aliphatic heterocycles. The summed E-state index contributed by atoms with van der Waals surface area (Å²) in [6.45, 7) is 4.74. The molecule has 0 aromatic heterocycles. The third-order valence-electron chi connectivity index (χ3n) is 2.68. The van der Waals surface area contributed by atoms with E-state index in [9.17, 15) is 8.42 Å². The van der Waals surface area contributed by atoms with Crippen LogP contribution >= 0.6 is 23.8 Å². The Bertz CT molecular complexity index is 610. The van der Waals surface area contributed by atoms with Gasteiger partial charge in [0.15, 0.2) is 0 Å². The van der Waals surface area contributed by atoms with Crippen LogP contribution in [0.3, 0.4) is 0 Å². The molecule has 0 spiro atoms. The van der Waals surface area contributed by atoms with Crippen LogP contribution in [0.2, 0.25) is 5.02 Å². The fraction of sp³-hybridized carbons (Fsp3) is 0.357. The molecule has 21 heavy (non-hydrogen) atoms. The van der Waals surface area contributed by atoms with Gasteiger partial charge in [0.1, 0.15) is 0 Å². The van der Waals surface area contributed by atoms with E-state index in [-0.39, 0.29) is 11.4 Å². The second kappa shape index (κ2) is 8.48. The van der Waals surface area contributed by atoms with Crippen molar-refractivity contribution in [3.63, 3.8) is 0 Å². The van der Waals surface area contributed by atoms with Crippen molar-refractivity contribution in [2.45, 2.75) is 25.2 Å². The topological polar surface area (TPSA) is 58.2 Å². The van der Waals surface area contributed by atoms with E-state index in [0.29, 0.717) is 5.02 Å². The molecule has 0 unspecified atom stereocenters. The van der Waals surface area contributed by atoms with Crippen molar-refractivity contribution in [3.8, 4) is 0 Å². The number of rotatable bonds is 7. The lowest BCUT2D eigenvalue weighted by molar-refractivity contribution is 0.584. The summed E-state index contributed by atoms with van der Waals surface area (Å²) in [6, 6.07) is 6.07. The first-order valence-corrected chi connectivity index (χ1v) is 8.73. The minimum Gasteiger partial charge on any atom is -0.380 e. The van der Waals surface area contributed by atoms with E-state index >= 15 is 0 Å². The maximum absolute atomic E-state index is 12.1. The minimum absolute atomic E-state index is 0.206. The normalized spacial score (nSPS) is 12.2. The zero-order valence-corrected chi connectivity index (χ0v) is 14.4. The van der Waals surface area contributed by atoms with E-state index in [0.717, 1.165) is 23.5 Å². The second-order valence-electron chi connectivity index (χ2n) is 4.60. The molecule has 0 bridgehead atoms. The van der Waals surface area contributed by atoms with Crippen molar-refractivity contribution < 1.29 is 8.42 Å². The number of hydrogen-bond donors (Lipinski definition) is 2. The highest BCUT2D eigenvalue weighted by atomic mass is 35.5. The van der Waals surface area contributed by atoms with Crippen LogP contribution in [0.4, 0.5) is 0 Å². The van der Waals surface area contributed by atoms with Gasteiger partial charge in [0.2, 0.25) is 10.0 Å². The van der Waals surface area contributed by atoms with E-state index < -0.39 is 10.0 Å². The van der Waals surface area contributed by atoms with Crippen molar-refractivity contribution in [1.82, 2.24) is 10.0 Å². The van der Waals surface area contributed by atoms with Gasteiger partial charge < -0.3 is 5.32 Å². The molecule has 0 saturated carbocycles. The van der Waals surface area contributed by atoms with Crippen LogP contribution < -0.4 is 10.0 Å². The molecule has 0 radical (unpaired) electrons. The lowest BCUT2D eigenvalue weighted by Crippen LogP contribution is -2.25. The van der Waals surface area contributed by atoms with E-state index in [1.165, 1.54) is 12.1 Å². The van der Waals surface area contributed by atoms with Gasteiger partial charge in [0, 0.05) is 18.1 Å². The summed E-state index contributed by atoms with van der Waals surface area (Å²) < 4.78 is 26.7. The lowest BCUT2D eigenvalue weighted by Gasteiger charge is -2.07. The molecule has 0 fully saturated rings. The summed E-state index contributed by atoms with van der Waals surface area (Å²) in [5.41, 5.74) is 0.955. The Morgan fingerprint density at radius 1 is 1.29 bits per heavy atom. The molecule has 116 valence electrons. The maximum Gasteiger partial charge on any atom is 0.240 e. The van der Waals surface area contributed by atoms with Gasteiger partial charge >= 0.3 is 0 Å². The number of halogens is 1. The van der Waals surface area contributed by atoms with Gasteiger partial charge in [-0.3, -0.25) is 0 Å². The molecule has 1 aromatic carbocycles. The van der Waals surface area contributed by atoms with Gasteiger partial charge in [0.05, 0.1) is 9.88 Å². The molecule has 0 atom stereocenters. The SMILES string of the molecule is CC(=S)NCC/C=C(\C)CNS(=O)(=O)c1ccc(Cl)cc1. The Morgan fingerprint density at radius 3 is 2.48 bits per heavy atom. The number of nitrogens with one attached hydrogen (secondary N) is 2. The Kier molecular flexibility index (Phi) is 7.31. The van der Waals surface area contributed by atoms with Crippen molar-refractivity contribution >= 4 is 38.8 Å². The molecule has 1 rings (SSSR count). The molecular weight excluding hydrogens is 328 g/mol. The first-order valence-electron chi connectivity index (χ1n) is 6.46. The first kappa shape index (κ1) is 18.1. The number of benzene rings is 1. The molecule has 0 saturated heterocycles. The number of sulfonamides is 1. The number of hydrogen-bond acceptors (Lipinski definition) is 3. The average Bonchev–Trinajstić information content (AvgIpc) is 2.42. The van der Waals surface area contributed by atoms with Crippen LogP contribution in [0.5, 0.6) is 0 Å². The third-order valence-corrected chi connectivity index (χ3v) is 4.49. The van der Waals surface area contributed by atoms with Crippen LogP contribution in [0.15, 0.2) is 40.8 Å². The molecule has 0 aliphatic rings. The highest BCUT2D eigenvalue weighted by Gasteiger charge is 2.12. The molecule has 2 N–H and O–H groups in total. The van der Waals surface area contributed by atoms with E-state index in [1.807, 2.05) is 19.9 Å². The molecule has 7 heteroatoms. The Hall–Kier alpha value is -0.950. The van der Waals surface area contributed by atoms with Crippen LogP contribution in [-0.2, 0) is 10.0 Å². The highest BCUT2D eigenvalue weighted by molar-refractivity contribution is 7.89. The summed E-state index contributed by atoms with van der Waals surface area (Å²) in [4.78, 5) is 0.960. The van der Waals surface area contributed by atoms with Gasteiger partial charge in [-0.05, 0) is 44.5 Å². The molecule has 0 heterocycles. The zero-order valence-electron chi connectivity index (χ0n) is 12.0. The summed E-state index contributed by atoms with van der Waals surface area (Å²) in [7, 11) is -3.50. The van der Waals surface area contributed by atoms with Gasteiger partial charge in [-0.1, -0.05) is 35.5 Å². The largest absolute Gasteiger partial charge is 0.380 e. The predicted molar refractivity (Wildman–Crippen MR) is 91.3 cm³/mol. The Labute approximate surface area is 136 Å². The zero-order chi connectivity index (χ0) is 15.9. The predicted octanol–water partition coefficient (Wildman–Crippen LogP) is 2.89. The third kappa shape index (κ3) is 7.04. The minimum atomic E-state index is -3.50. The molecule has 0 aliphatic carbocycles. The molecular formula is C14H19ClN2O2S2. The first-order chi connectivity index (χ1) is 9.81. The van der Waals surface area contributed by atoms with E-state index in [4.69, 9.17) is 23.8 Å². The fourth-order valence-electron chi connectivity index (χ4n) is 1.54. The highest BCUT2D eigenvalue weighted by Crippen LogP contribution is 2.13. The van der Waals surface area contributed by atoms with Crippen LogP contribution in [0, 0.1) is 0 Å². The number of thiocarbonyl (C=S) groups is 1. The second-order valence-corrected chi connectivity index (χ2v) is 7.42. The summed E-state index contributed by atoms with van der Waals surface area (Å²) >= 11 is 10.6. The van der Waals surface area contributed by atoms with Crippen LogP contribution in [0.1, 0.15) is 20.3 Å². The van der Waals surface area contributed by atoms with Crippen LogP contribution in [0.25, 0.3) is 0 Å². The van der Waals surface area contributed by atoms with Gasteiger partial charge in [0.25, 0.3) is 0 Å². The molecule has 4 nitrogen and oxygen atoms in total. The molecule has 0 amide bonds. The summed E-state index contributed by atoms with van der Waals surface area (Å²) in [5, 5.41) is 3.55. The summed E-state index contributed by atoms with van der Waals surface area (Å²) in [6.07, 6.45) is 2.78. The van der Waals surface area contributed by atoms with Gasteiger partial charge in [-0.15, -0.1) is 0 Å². The Balaban J connectivity index is 2.51. The fourth-order valence-corrected chi connectivity index (χ4v) is 2.85. The summed E-state index contributed by atoms with van der Waals surface area (Å²) in [5.74, 6) is 0. The van der Waals surface area contributed by atoms with Gasteiger partial charge in [-0.25, -0.2) is 13.1 Å². The monoisotopic (exact) mass is 346 g/mol. The standard InChI is InChI=1S/C14H19ClN2O2S2/c1-11(4-3-9-16-12(2)20)10-17-21(18,19)14-7-5-13(15)6-8-14/h4-8,17H,3,9-10H2,1-2H3,(H,16,20)/b11-4+. The lowest BCUT2D eigenvalue weighted by atomic mass is 10.2. The van der Waals surface area contributed by atoms with Crippen molar-refractivity contribution in [2.75, 3.05) is 13.1 Å². The Morgan fingerprint density at radius 2 is 1.90 bits per heavy atom. The van der Waals surface area contributed by atoms with Crippen molar-refractivity contribution in [3.05, 3.63) is 40.9 Å². The molecule has 1 aromatic rings. The van der Waals surface area contributed by atoms with Crippen molar-refractivity contribution in [2.24, 2.45) is 0 Å². The van der Waals surface area contributed by atoms with Gasteiger partial charge in [-0.2, -0.15) is 0 Å². The van der Waals surface area contributed by atoms with Crippen molar-refractivity contribution in [1.29, 1.82) is 0 Å². The quantitative estimate of drug-likeness (QED) is 0.453.